The molecule has 0 radical (unpaired) electrons. The number of benzene rings is 2. The topological polar surface area (TPSA) is 54.0 Å². The number of carbonyl (C=O) groups excluding carboxylic acids is 1. The molecule has 2 N–H and O–H groups in total. The Morgan fingerprint density at radius 2 is 1.76 bits per heavy atom. The predicted molar refractivity (Wildman–Crippen MR) is 98.3 cm³/mol. The van der Waals surface area contributed by atoms with Gasteiger partial charge in [0, 0.05) is 11.9 Å². The third-order valence-electron chi connectivity index (χ3n) is 3.35. The summed E-state index contributed by atoms with van der Waals surface area (Å²) in [6.07, 6.45) is 1.47. The highest BCUT2D eigenvalue weighted by atomic mass is 35.5. The summed E-state index contributed by atoms with van der Waals surface area (Å²) in [4.78, 5) is 16.3. The van der Waals surface area contributed by atoms with Crippen molar-refractivity contribution < 1.29 is 9.18 Å². The number of pyridine rings is 1. The molecule has 0 aliphatic carbocycles. The van der Waals surface area contributed by atoms with E-state index in [4.69, 9.17) is 23.2 Å². The molecule has 2 aromatic carbocycles. The zero-order valence-electron chi connectivity index (χ0n) is 12.8. The minimum Gasteiger partial charge on any atom is -0.354 e. The Bertz CT molecular complexity index is 934. The first-order chi connectivity index (χ1) is 12.0. The number of rotatable bonds is 4. The van der Waals surface area contributed by atoms with Crippen molar-refractivity contribution in [2.75, 3.05) is 10.6 Å². The quantitative estimate of drug-likeness (QED) is 0.630. The van der Waals surface area contributed by atoms with Crippen molar-refractivity contribution in [3.63, 3.8) is 0 Å². The lowest BCUT2D eigenvalue weighted by atomic mass is 10.2. The van der Waals surface area contributed by atoms with Gasteiger partial charge < -0.3 is 10.6 Å². The van der Waals surface area contributed by atoms with Gasteiger partial charge in [0.1, 0.15) is 11.5 Å². The molecule has 1 heterocycles. The number of aromatic nitrogens is 1. The van der Waals surface area contributed by atoms with Crippen molar-refractivity contribution in [1.29, 1.82) is 0 Å². The van der Waals surface area contributed by atoms with Crippen LogP contribution in [0, 0.1) is 5.82 Å². The number of amides is 1. The van der Waals surface area contributed by atoms with Gasteiger partial charge in [-0.25, -0.2) is 4.39 Å². The van der Waals surface area contributed by atoms with E-state index >= 15 is 0 Å². The molecule has 7 heteroatoms. The second-order valence-electron chi connectivity index (χ2n) is 5.09. The highest BCUT2D eigenvalue weighted by molar-refractivity contribution is 6.43. The Morgan fingerprint density at radius 3 is 2.56 bits per heavy atom. The summed E-state index contributed by atoms with van der Waals surface area (Å²) in [6, 6.07) is 14.3. The molecule has 0 unspecified atom stereocenters. The van der Waals surface area contributed by atoms with Crippen LogP contribution >= 0.6 is 23.2 Å². The normalized spacial score (nSPS) is 10.4. The average Bonchev–Trinajstić information content (AvgIpc) is 2.61. The molecule has 1 amide bonds. The first-order valence-electron chi connectivity index (χ1n) is 7.27. The molecule has 3 aromatic rings. The van der Waals surface area contributed by atoms with E-state index in [-0.39, 0.29) is 11.4 Å². The molecule has 1 aromatic heterocycles. The van der Waals surface area contributed by atoms with Gasteiger partial charge in [0.05, 0.1) is 21.4 Å². The van der Waals surface area contributed by atoms with Crippen LogP contribution in [0.25, 0.3) is 0 Å². The van der Waals surface area contributed by atoms with Crippen LogP contribution in [0.2, 0.25) is 10.0 Å². The monoisotopic (exact) mass is 375 g/mol. The highest BCUT2D eigenvalue weighted by Gasteiger charge is 2.12. The van der Waals surface area contributed by atoms with E-state index in [0.29, 0.717) is 21.4 Å². The van der Waals surface area contributed by atoms with Gasteiger partial charge >= 0.3 is 0 Å². The molecule has 126 valence electrons. The maximum absolute atomic E-state index is 13.6. The van der Waals surface area contributed by atoms with Gasteiger partial charge in [0.15, 0.2) is 0 Å². The van der Waals surface area contributed by atoms with E-state index in [1.807, 2.05) is 0 Å². The summed E-state index contributed by atoms with van der Waals surface area (Å²) in [5.41, 5.74) is 1.41. The number of nitrogens with zero attached hydrogens (tertiary/aromatic N) is 1. The third-order valence-corrected chi connectivity index (χ3v) is 4.16. The van der Waals surface area contributed by atoms with Gasteiger partial charge in [0.25, 0.3) is 5.91 Å². The lowest BCUT2D eigenvalue weighted by Gasteiger charge is -2.10. The second-order valence-corrected chi connectivity index (χ2v) is 5.88. The molecule has 3 rings (SSSR count). The summed E-state index contributed by atoms with van der Waals surface area (Å²) < 4.78 is 13.6. The van der Waals surface area contributed by atoms with Gasteiger partial charge in [-0.1, -0.05) is 41.4 Å². The minimum atomic E-state index is -0.522. The van der Waals surface area contributed by atoms with E-state index in [0.717, 1.165) is 0 Å². The average molecular weight is 376 g/mol. The molecule has 0 saturated heterocycles. The van der Waals surface area contributed by atoms with Gasteiger partial charge in [0.2, 0.25) is 0 Å². The lowest BCUT2D eigenvalue weighted by Crippen LogP contribution is -2.14. The number of hydrogen-bond donors (Lipinski definition) is 2. The van der Waals surface area contributed by atoms with Gasteiger partial charge in [-0.3, -0.25) is 9.78 Å². The summed E-state index contributed by atoms with van der Waals surface area (Å²) in [6.45, 7) is 0. The van der Waals surface area contributed by atoms with E-state index in [9.17, 15) is 9.18 Å². The summed E-state index contributed by atoms with van der Waals surface area (Å²) in [5.74, 6) is -1.04. The van der Waals surface area contributed by atoms with Crippen molar-refractivity contribution in [2.45, 2.75) is 0 Å². The SMILES string of the molecule is O=C(Nc1ccccc1F)c1cc(Nc2cccc(Cl)c2Cl)ccn1. The van der Waals surface area contributed by atoms with Crippen molar-refractivity contribution in [1.82, 2.24) is 4.98 Å². The Balaban J connectivity index is 1.80. The number of para-hydroxylation sites is 1. The van der Waals surface area contributed by atoms with Crippen LogP contribution in [0.15, 0.2) is 60.8 Å². The molecule has 0 bridgehead atoms. The molecule has 0 atom stereocenters. The van der Waals surface area contributed by atoms with Crippen molar-refractivity contribution in [3.8, 4) is 0 Å². The molecule has 0 fully saturated rings. The van der Waals surface area contributed by atoms with Gasteiger partial charge in [-0.15, -0.1) is 0 Å². The predicted octanol–water partition coefficient (Wildman–Crippen LogP) is 5.52. The molecule has 4 nitrogen and oxygen atoms in total. The number of anilines is 3. The Kier molecular flexibility index (Phi) is 5.16. The molecule has 0 aliphatic rings. The number of nitrogens with one attached hydrogen (secondary N) is 2. The van der Waals surface area contributed by atoms with Crippen molar-refractivity contribution in [2.24, 2.45) is 0 Å². The highest BCUT2D eigenvalue weighted by Crippen LogP contribution is 2.31. The van der Waals surface area contributed by atoms with Crippen LogP contribution in [-0.2, 0) is 0 Å². The zero-order valence-corrected chi connectivity index (χ0v) is 14.3. The molecule has 0 spiro atoms. The first-order valence-corrected chi connectivity index (χ1v) is 8.03. The van der Waals surface area contributed by atoms with Crippen molar-refractivity contribution >= 4 is 46.2 Å². The second kappa shape index (κ2) is 7.51. The smallest absolute Gasteiger partial charge is 0.274 e. The molecular formula is C18H12Cl2FN3O. The van der Waals surface area contributed by atoms with Crippen LogP contribution in [0.1, 0.15) is 10.5 Å². The largest absolute Gasteiger partial charge is 0.354 e. The summed E-state index contributed by atoms with van der Waals surface area (Å²) in [7, 11) is 0. The van der Waals surface area contributed by atoms with Gasteiger partial charge in [-0.2, -0.15) is 0 Å². The van der Waals surface area contributed by atoms with Crippen LogP contribution in [0.3, 0.4) is 0 Å². The summed E-state index contributed by atoms with van der Waals surface area (Å²) in [5, 5.41) is 6.35. The lowest BCUT2D eigenvalue weighted by molar-refractivity contribution is 0.102. The number of halogens is 3. The Morgan fingerprint density at radius 1 is 1.00 bits per heavy atom. The molecule has 25 heavy (non-hydrogen) atoms. The first kappa shape index (κ1) is 17.2. The fraction of sp³-hybridized carbons (Fsp3) is 0. The number of hydrogen-bond acceptors (Lipinski definition) is 3. The van der Waals surface area contributed by atoms with E-state index in [2.05, 4.69) is 15.6 Å². The van der Waals surface area contributed by atoms with E-state index in [1.54, 1.807) is 36.4 Å². The van der Waals surface area contributed by atoms with Crippen LogP contribution in [0.4, 0.5) is 21.5 Å². The maximum atomic E-state index is 13.6. The number of carbonyl (C=O) groups is 1. The van der Waals surface area contributed by atoms with E-state index < -0.39 is 11.7 Å². The Hall–Kier alpha value is -2.63. The zero-order chi connectivity index (χ0) is 17.8. The fourth-order valence-corrected chi connectivity index (χ4v) is 2.49. The summed E-state index contributed by atoms with van der Waals surface area (Å²) >= 11 is 12.1. The minimum absolute atomic E-state index is 0.0885. The van der Waals surface area contributed by atoms with Gasteiger partial charge in [-0.05, 0) is 36.4 Å². The van der Waals surface area contributed by atoms with E-state index in [1.165, 1.54) is 24.4 Å². The van der Waals surface area contributed by atoms with Crippen LogP contribution in [-0.4, -0.2) is 10.9 Å². The third kappa shape index (κ3) is 4.07. The molecule has 0 saturated carbocycles. The fourth-order valence-electron chi connectivity index (χ4n) is 2.14. The van der Waals surface area contributed by atoms with Crippen LogP contribution in [0.5, 0.6) is 0 Å². The standard InChI is InChI=1S/C18H12Cl2FN3O/c19-12-4-3-7-15(17(12)20)23-11-8-9-22-16(10-11)18(25)24-14-6-2-1-5-13(14)21/h1-10H,(H,22,23)(H,24,25). The molecule has 0 aliphatic heterocycles. The Labute approximate surface area is 153 Å². The van der Waals surface area contributed by atoms with Crippen molar-refractivity contribution in [3.05, 3.63) is 82.4 Å². The van der Waals surface area contributed by atoms with Crippen LogP contribution < -0.4 is 10.6 Å². The maximum Gasteiger partial charge on any atom is 0.274 e. The molecular weight excluding hydrogens is 364 g/mol.